The van der Waals surface area contributed by atoms with Crippen LogP contribution in [0.4, 0.5) is 11.4 Å². The van der Waals surface area contributed by atoms with Crippen LogP contribution in [0, 0.1) is 10.1 Å². The number of amides is 1. The van der Waals surface area contributed by atoms with Crippen LogP contribution in [0.25, 0.3) is 0 Å². The Hall–Kier alpha value is -3.33. The van der Waals surface area contributed by atoms with Crippen LogP contribution in [-0.2, 0) is 6.54 Å². The van der Waals surface area contributed by atoms with Crippen LogP contribution in [0.3, 0.4) is 0 Å². The van der Waals surface area contributed by atoms with E-state index in [2.05, 4.69) is 10.6 Å². The van der Waals surface area contributed by atoms with Crippen molar-refractivity contribution >= 4 is 17.3 Å². The summed E-state index contributed by atoms with van der Waals surface area (Å²) in [5, 5.41) is 27.8. The lowest BCUT2D eigenvalue weighted by Gasteiger charge is -2.34. The maximum atomic E-state index is 12.9. The number of nitro groups is 1. The summed E-state index contributed by atoms with van der Waals surface area (Å²) in [5.74, 6) is 0.785. The molecule has 2 aromatic rings. The molecule has 4 rings (SSSR count). The minimum Gasteiger partial charge on any atom is -0.454 e. The first kappa shape index (κ1) is 20.0. The van der Waals surface area contributed by atoms with Gasteiger partial charge in [-0.15, -0.1) is 0 Å². The standard InChI is InChI=1S/C21H23N3O6/c25-20(22-12-14-4-7-18-19(10-14)30-13-29-18)16-11-15(24(27)28)5-6-17(16)23-21(26)8-2-1-3-9-21/h4-7,10-11,23,26H,1-3,8-9,12-13H2,(H,22,25). The first-order valence-corrected chi connectivity index (χ1v) is 9.89. The number of aliphatic hydroxyl groups is 1. The van der Waals surface area contributed by atoms with Crippen molar-refractivity contribution in [3.05, 3.63) is 57.6 Å². The number of fused-ring (bicyclic) bond motifs is 1. The summed E-state index contributed by atoms with van der Waals surface area (Å²) in [6.45, 7) is 0.374. The van der Waals surface area contributed by atoms with Crippen LogP contribution in [0.5, 0.6) is 11.5 Å². The summed E-state index contributed by atoms with van der Waals surface area (Å²) in [4.78, 5) is 23.5. The number of nitrogens with one attached hydrogen (secondary N) is 2. The van der Waals surface area contributed by atoms with Gasteiger partial charge in [0.15, 0.2) is 11.5 Å². The highest BCUT2D eigenvalue weighted by atomic mass is 16.7. The third kappa shape index (κ3) is 4.30. The average Bonchev–Trinajstić information content (AvgIpc) is 3.20. The molecule has 2 aromatic carbocycles. The summed E-state index contributed by atoms with van der Waals surface area (Å²) < 4.78 is 10.6. The van der Waals surface area contributed by atoms with Crippen LogP contribution < -0.4 is 20.1 Å². The zero-order valence-corrected chi connectivity index (χ0v) is 16.3. The lowest BCUT2D eigenvalue weighted by molar-refractivity contribution is -0.384. The topological polar surface area (TPSA) is 123 Å². The SMILES string of the molecule is O=C(NCc1ccc2c(c1)OCO2)c1cc([N+](=O)[O-])ccc1NC1(O)CCCCC1. The molecule has 9 nitrogen and oxygen atoms in total. The van der Waals surface area contributed by atoms with E-state index in [1.165, 1.54) is 18.2 Å². The second-order valence-electron chi connectivity index (χ2n) is 7.57. The van der Waals surface area contributed by atoms with Gasteiger partial charge in [-0.25, -0.2) is 0 Å². The van der Waals surface area contributed by atoms with Crippen LogP contribution in [0.1, 0.15) is 48.0 Å². The maximum absolute atomic E-state index is 12.9. The Morgan fingerprint density at radius 1 is 1.10 bits per heavy atom. The summed E-state index contributed by atoms with van der Waals surface area (Å²) in [5.41, 5.74) is -0.0271. The fraction of sp³-hybridized carbons (Fsp3) is 0.381. The summed E-state index contributed by atoms with van der Waals surface area (Å²) in [6, 6.07) is 9.38. The number of hydrogen-bond donors (Lipinski definition) is 3. The molecule has 1 heterocycles. The van der Waals surface area contributed by atoms with Crippen LogP contribution >= 0.6 is 0 Å². The van der Waals surface area contributed by atoms with Crippen molar-refractivity contribution in [2.45, 2.75) is 44.4 Å². The van der Waals surface area contributed by atoms with Crippen molar-refractivity contribution in [1.82, 2.24) is 5.32 Å². The second kappa shape index (κ2) is 8.19. The predicted molar refractivity (Wildman–Crippen MR) is 108 cm³/mol. The largest absolute Gasteiger partial charge is 0.454 e. The molecule has 0 unspecified atom stereocenters. The second-order valence-corrected chi connectivity index (χ2v) is 7.57. The number of rotatable bonds is 6. The Morgan fingerprint density at radius 2 is 1.87 bits per heavy atom. The van der Waals surface area contributed by atoms with Gasteiger partial charge in [-0.2, -0.15) is 0 Å². The first-order chi connectivity index (χ1) is 14.4. The van der Waals surface area contributed by atoms with E-state index in [9.17, 15) is 20.0 Å². The van der Waals surface area contributed by atoms with Crippen molar-refractivity contribution in [3.8, 4) is 11.5 Å². The van der Waals surface area contributed by atoms with E-state index in [1.54, 1.807) is 12.1 Å². The average molecular weight is 413 g/mol. The highest BCUT2D eigenvalue weighted by Gasteiger charge is 2.30. The van der Waals surface area contributed by atoms with E-state index in [0.717, 1.165) is 24.8 Å². The third-order valence-corrected chi connectivity index (χ3v) is 5.40. The number of ether oxygens (including phenoxy) is 2. The van der Waals surface area contributed by atoms with E-state index in [4.69, 9.17) is 9.47 Å². The molecular formula is C21H23N3O6. The molecule has 1 fully saturated rings. The molecule has 1 aliphatic heterocycles. The number of anilines is 1. The van der Waals surface area contributed by atoms with Gasteiger partial charge in [-0.3, -0.25) is 14.9 Å². The van der Waals surface area contributed by atoms with Crippen molar-refractivity contribution in [2.24, 2.45) is 0 Å². The van der Waals surface area contributed by atoms with Crippen LogP contribution in [0.15, 0.2) is 36.4 Å². The first-order valence-electron chi connectivity index (χ1n) is 9.89. The normalized spacial score (nSPS) is 16.7. The lowest BCUT2D eigenvalue weighted by atomic mass is 9.91. The van der Waals surface area contributed by atoms with Gasteiger partial charge in [0.2, 0.25) is 6.79 Å². The molecule has 1 saturated carbocycles. The number of nitro benzene ring substituents is 1. The molecule has 2 aliphatic rings. The number of benzene rings is 2. The van der Waals surface area contributed by atoms with Gasteiger partial charge >= 0.3 is 0 Å². The molecule has 0 bridgehead atoms. The van der Waals surface area contributed by atoms with E-state index >= 15 is 0 Å². The Morgan fingerprint density at radius 3 is 2.63 bits per heavy atom. The molecule has 158 valence electrons. The summed E-state index contributed by atoms with van der Waals surface area (Å²) >= 11 is 0. The van der Waals surface area contributed by atoms with E-state index in [0.29, 0.717) is 30.0 Å². The number of nitrogens with zero attached hydrogens (tertiary/aromatic N) is 1. The van der Waals surface area contributed by atoms with Crippen molar-refractivity contribution in [3.63, 3.8) is 0 Å². The number of non-ortho nitro benzene ring substituents is 1. The molecular weight excluding hydrogens is 390 g/mol. The zero-order chi connectivity index (χ0) is 21.1. The molecule has 0 atom stereocenters. The van der Waals surface area contributed by atoms with Gasteiger partial charge in [0, 0.05) is 24.4 Å². The maximum Gasteiger partial charge on any atom is 0.270 e. The Bertz CT molecular complexity index is 971. The van der Waals surface area contributed by atoms with E-state index in [1.807, 2.05) is 6.07 Å². The van der Waals surface area contributed by atoms with Gasteiger partial charge in [0.1, 0.15) is 5.72 Å². The lowest BCUT2D eigenvalue weighted by Crippen LogP contribution is -2.40. The summed E-state index contributed by atoms with van der Waals surface area (Å²) in [6.07, 6.45) is 3.92. The Labute approximate surface area is 173 Å². The smallest absolute Gasteiger partial charge is 0.270 e. The number of carbonyl (C=O) groups excluding carboxylic acids is 1. The fourth-order valence-electron chi connectivity index (χ4n) is 3.78. The van der Waals surface area contributed by atoms with Crippen LogP contribution in [0.2, 0.25) is 0 Å². The predicted octanol–water partition coefficient (Wildman–Crippen LogP) is 3.32. The minimum absolute atomic E-state index is 0.115. The molecule has 1 aliphatic carbocycles. The number of carbonyl (C=O) groups is 1. The monoisotopic (exact) mass is 413 g/mol. The van der Waals surface area contributed by atoms with Gasteiger partial charge in [0.25, 0.3) is 11.6 Å². The van der Waals surface area contributed by atoms with Crippen molar-refractivity contribution in [1.29, 1.82) is 0 Å². The zero-order valence-electron chi connectivity index (χ0n) is 16.3. The molecule has 30 heavy (non-hydrogen) atoms. The van der Waals surface area contributed by atoms with Crippen LogP contribution in [-0.4, -0.2) is 28.5 Å². The highest BCUT2D eigenvalue weighted by molar-refractivity contribution is 6.00. The van der Waals surface area contributed by atoms with E-state index < -0.39 is 16.6 Å². The van der Waals surface area contributed by atoms with Crippen molar-refractivity contribution < 1.29 is 24.3 Å². The summed E-state index contributed by atoms with van der Waals surface area (Å²) in [7, 11) is 0. The van der Waals surface area contributed by atoms with Gasteiger partial charge < -0.3 is 25.2 Å². The Kier molecular flexibility index (Phi) is 5.45. The molecule has 0 radical (unpaired) electrons. The molecule has 0 spiro atoms. The number of hydrogen-bond acceptors (Lipinski definition) is 7. The Balaban J connectivity index is 1.53. The molecule has 0 aromatic heterocycles. The molecule has 9 heteroatoms. The van der Waals surface area contributed by atoms with Crippen molar-refractivity contribution in [2.75, 3.05) is 12.1 Å². The molecule has 1 amide bonds. The molecule has 3 N–H and O–H groups in total. The fourth-order valence-corrected chi connectivity index (χ4v) is 3.78. The van der Waals surface area contributed by atoms with E-state index in [-0.39, 0.29) is 24.6 Å². The van der Waals surface area contributed by atoms with Gasteiger partial charge in [0.05, 0.1) is 10.5 Å². The molecule has 0 saturated heterocycles. The minimum atomic E-state index is -1.12. The van der Waals surface area contributed by atoms with Gasteiger partial charge in [-0.05, 0) is 49.4 Å². The highest BCUT2D eigenvalue weighted by Crippen LogP contribution is 2.33. The quantitative estimate of drug-likeness (QED) is 0.377. The third-order valence-electron chi connectivity index (χ3n) is 5.40. The van der Waals surface area contributed by atoms with Gasteiger partial charge in [-0.1, -0.05) is 12.5 Å².